The molecule has 2 aromatic heterocycles. The van der Waals surface area contributed by atoms with Crippen LogP contribution >= 0.6 is 11.3 Å². The second-order valence-corrected chi connectivity index (χ2v) is 8.10. The van der Waals surface area contributed by atoms with E-state index in [-0.39, 0.29) is 0 Å². The van der Waals surface area contributed by atoms with Crippen LogP contribution in [0.1, 0.15) is 40.7 Å². The van der Waals surface area contributed by atoms with Gasteiger partial charge in [-0.1, -0.05) is 30.3 Å². The lowest BCUT2D eigenvalue weighted by molar-refractivity contribution is 0.244. The van der Waals surface area contributed by atoms with Crippen LogP contribution in [0.25, 0.3) is 11.1 Å². The Morgan fingerprint density at radius 3 is 2.84 bits per heavy atom. The summed E-state index contributed by atoms with van der Waals surface area (Å²) in [4.78, 5) is 13.4. The van der Waals surface area contributed by atoms with Gasteiger partial charge in [0.25, 0.3) is 0 Å². The highest BCUT2D eigenvalue weighted by Gasteiger charge is 2.28. The quantitative estimate of drug-likeness (QED) is 0.688. The maximum absolute atomic E-state index is 4.83. The van der Waals surface area contributed by atoms with Gasteiger partial charge in [0.15, 0.2) is 0 Å². The number of aromatic nitrogens is 2. The molecule has 1 fully saturated rings. The zero-order valence-electron chi connectivity index (χ0n) is 14.2. The Morgan fingerprint density at radius 2 is 2.00 bits per heavy atom. The lowest BCUT2D eigenvalue weighted by Gasteiger charge is -2.27. The number of benzene rings is 1. The van der Waals surface area contributed by atoms with Gasteiger partial charge < -0.3 is 0 Å². The second-order valence-electron chi connectivity index (χ2n) is 7.10. The molecular formula is C21H21N3S. The number of hydrogen-bond acceptors (Lipinski definition) is 4. The van der Waals surface area contributed by atoms with E-state index in [9.17, 15) is 0 Å². The van der Waals surface area contributed by atoms with Gasteiger partial charge in [-0.2, -0.15) is 0 Å². The van der Waals surface area contributed by atoms with Crippen molar-refractivity contribution < 1.29 is 0 Å². The van der Waals surface area contributed by atoms with Gasteiger partial charge in [0.1, 0.15) is 5.82 Å². The highest BCUT2D eigenvalue weighted by molar-refractivity contribution is 7.10. The van der Waals surface area contributed by atoms with Crippen molar-refractivity contribution in [2.24, 2.45) is 0 Å². The van der Waals surface area contributed by atoms with Gasteiger partial charge in [-0.25, -0.2) is 9.97 Å². The number of rotatable bonds is 4. The van der Waals surface area contributed by atoms with E-state index in [2.05, 4.69) is 57.9 Å². The molecule has 0 unspecified atom stereocenters. The third-order valence-corrected chi connectivity index (χ3v) is 6.04. The first kappa shape index (κ1) is 15.2. The van der Waals surface area contributed by atoms with Crippen molar-refractivity contribution in [1.29, 1.82) is 0 Å². The van der Waals surface area contributed by atoms with Crippen LogP contribution in [-0.2, 0) is 19.5 Å². The number of nitrogens with zero attached hydrogens (tertiary/aromatic N) is 3. The topological polar surface area (TPSA) is 29.0 Å². The van der Waals surface area contributed by atoms with Crippen LogP contribution in [0, 0.1) is 0 Å². The Bertz CT molecular complexity index is 883. The summed E-state index contributed by atoms with van der Waals surface area (Å²) in [7, 11) is 0. The lowest BCUT2D eigenvalue weighted by atomic mass is 10.1. The molecule has 5 rings (SSSR count). The molecule has 0 bridgehead atoms. The summed E-state index contributed by atoms with van der Waals surface area (Å²) < 4.78 is 0. The second kappa shape index (κ2) is 6.36. The van der Waals surface area contributed by atoms with Crippen LogP contribution in [0.4, 0.5) is 0 Å². The predicted molar refractivity (Wildman–Crippen MR) is 102 cm³/mol. The molecule has 3 aromatic rings. The van der Waals surface area contributed by atoms with Crippen molar-refractivity contribution in [2.45, 2.75) is 38.3 Å². The van der Waals surface area contributed by atoms with Crippen molar-refractivity contribution in [3.05, 3.63) is 69.9 Å². The molecule has 1 aliphatic carbocycles. The first-order valence-electron chi connectivity index (χ1n) is 9.05. The van der Waals surface area contributed by atoms with Gasteiger partial charge in [0, 0.05) is 54.3 Å². The minimum absolute atomic E-state index is 0.644. The molecule has 3 nitrogen and oxygen atoms in total. The molecule has 1 aromatic carbocycles. The molecule has 3 heterocycles. The SMILES string of the molecule is c1ccc(-c2csc(CN3CCc4nc(C5CC5)ncc4C3)c2)cc1. The fraction of sp³-hybridized carbons (Fsp3) is 0.333. The number of hydrogen-bond donors (Lipinski definition) is 0. The molecule has 0 radical (unpaired) electrons. The first-order chi connectivity index (χ1) is 12.3. The Morgan fingerprint density at radius 1 is 1.12 bits per heavy atom. The molecule has 1 aliphatic heterocycles. The third kappa shape index (κ3) is 3.24. The molecule has 1 saturated carbocycles. The summed E-state index contributed by atoms with van der Waals surface area (Å²) in [5.41, 5.74) is 5.23. The Labute approximate surface area is 152 Å². The molecule has 0 saturated heterocycles. The van der Waals surface area contributed by atoms with Gasteiger partial charge in [-0.15, -0.1) is 11.3 Å². The molecule has 0 atom stereocenters. The Hall–Kier alpha value is -2.04. The van der Waals surface area contributed by atoms with Crippen molar-refractivity contribution in [3.63, 3.8) is 0 Å². The van der Waals surface area contributed by atoms with Crippen LogP contribution in [0.2, 0.25) is 0 Å². The summed E-state index contributed by atoms with van der Waals surface area (Å²) in [5.74, 6) is 1.73. The average molecular weight is 347 g/mol. The number of fused-ring (bicyclic) bond motifs is 1. The molecule has 25 heavy (non-hydrogen) atoms. The molecule has 0 spiro atoms. The average Bonchev–Trinajstić information content (AvgIpc) is 3.41. The van der Waals surface area contributed by atoms with E-state index in [1.807, 2.05) is 11.3 Å². The minimum Gasteiger partial charge on any atom is -0.293 e. The van der Waals surface area contributed by atoms with Gasteiger partial charge in [-0.3, -0.25) is 4.90 Å². The van der Waals surface area contributed by atoms with E-state index in [0.717, 1.165) is 31.9 Å². The summed E-state index contributed by atoms with van der Waals surface area (Å²) in [6.07, 6.45) is 5.67. The van der Waals surface area contributed by atoms with Crippen molar-refractivity contribution in [2.75, 3.05) is 6.54 Å². The van der Waals surface area contributed by atoms with Crippen LogP contribution in [0.3, 0.4) is 0 Å². The van der Waals surface area contributed by atoms with E-state index in [4.69, 9.17) is 4.98 Å². The number of thiophene rings is 1. The van der Waals surface area contributed by atoms with Crippen LogP contribution in [0.5, 0.6) is 0 Å². The van der Waals surface area contributed by atoms with Crippen LogP contribution in [-0.4, -0.2) is 21.4 Å². The van der Waals surface area contributed by atoms with Crippen molar-refractivity contribution in [1.82, 2.24) is 14.9 Å². The van der Waals surface area contributed by atoms with Gasteiger partial charge in [0.05, 0.1) is 0 Å². The summed E-state index contributed by atoms with van der Waals surface area (Å²) in [5, 5.41) is 2.27. The monoisotopic (exact) mass is 347 g/mol. The largest absolute Gasteiger partial charge is 0.293 e. The van der Waals surface area contributed by atoms with Crippen LogP contribution in [0.15, 0.2) is 48.0 Å². The van der Waals surface area contributed by atoms with E-state index < -0.39 is 0 Å². The summed E-state index contributed by atoms with van der Waals surface area (Å²) in [6, 6.07) is 13.0. The molecular weight excluding hydrogens is 326 g/mol. The Balaban J connectivity index is 1.29. The predicted octanol–water partition coefficient (Wildman–Crippen LogP) is 4.64. The lowest BCUT2D eigenvalue weighted by Crippen LogP contribution is -2.30. The smallest absolute Gasteiger partial charge is 0.131 e. The van der Waals surface area contributed by atoms with E-state index in [1.165, 1.54) is 40.1 Å². The van der Waals surface area contributed by atoms with Crippen LogP contribution < -0.4 is 0 Å². The highest BCUT2D eigenvalue weighted by Crippen LogP contribution is 2.38. The highest BCUT2D eigenvalue weighted by atomic mass is 32.1. The third-order valence-electron chi connectivity index (χ3n) is 5.11. The maximum Gasteiger partial charge on any atom is 0.131 e. The molecule has 0 amide bonds. The zero-order valence-corrected chi connectivity index (χ0v) is 15.0. The van der Waals surface area contributed by atoms with Crippen molar-refractivity contribution >= 4 is 11.3 Å². The zero-order chi connectivity index (χ0) is 16.6. The molecule has 4 heteroatoms. The standard InChI is InChI=1S/C21H21N3S/c1-2-4-15(5-3-1)17-10-19(25-14-17)13-24-9-8-20-18(12-24)11-22-21(23-20)16-6-7-16/h1-5,10-11,14,16H,6-9,12-13H2. The van der Waals surface area contributed by atoms with Gasteiger partial charge in [0.2, 0.25) is 0 Å². The van der Waals surface area contributed by atoms with Gasteiger partial charge in [-0.05, 0) is 35.4 Å². The molecule has 126 valence electrons. The normalized spacial score (nSPS) is 17.4. The summed E-state index contributed by atoms with van der Waals surface area (Å²) in [6.45, 7) is 3.08. The van der Waals surface area contributed by atoms with E-state index in [0.29, 0.717) is 5.92 Å². The fourth-order valence-corrected chi connectivity index (χ4v) is 4.46. The van der Waals surface area contributed by atoms with Crippen molar-refractivity contribution in [3.8, 4) is 11.1 Å². The summed E-state index contributed by atoms with van der Waals surface area (Å²) >= 11 is 1.86. The van der Waals surface area contributed by atoms with E-state index in [1.54, 1.807) is 0 Å². The minimum atomic E-state index is 0.644. The van der Waals surface area contributed by atoms with E-state index >= 15 is 0 Å². The van der Waals surface area contributed by atoms with Gasteiger partial charge >= 0.3 is 0 Å². The molecule has 2 aliphatic rings. The Kier molecular flexibility index (Phi) is 3.87. The molecule has 0 N–H and O–H groups in total. The fourth-order valence-electron chi connectivity index (χ4n) is 3.53. The first-order valence-corrected chi connectivity index (χ1v) is 9.93. The maximum atomic E-state index is 4.83.